The molecule has 0 aromatic heterocycles. The van der Waals surface area contributed by atoms with Gasteiger partial charge in [-0.2, -0.15) is 0 Å². The lowest BCUT2D eigenvalue weighted by atomic mass is 9.90. The maximum absolute atomic E-state index is 5.86. The van der Waals surface area contributed by atoms with E-state index in [1.54, 1.807) is 0 Å². The molecule has 0 aliphatic heterocycles. The fraction of sp³-hybridized carbons (Fsp3) is 1.00. The lowest BCUT2D eigenvalue weighted by Gasteiger charge is -2.18. The molecule has 4 atom stereocenters. The predicted octanol–water partition coefficient (Wildman–Crippen LogP) is 10.1. The van der Waals surface area contributed by atoms with E-state index in [-0.39, 0.29) is 0 Å². The molecule has 0 heterocycles. The molecule has 4 unspecified atom stereocenters. The first-order valence-electron chi connectivity index (χ1n) is 13.7. The minimum Gasteiger partial charge on any atom is -0.381 e. The molecule has 0 aliphatic rings. The summed E-state index contributed by atoms with van der Waals surface area (Å²) in [4.78, 5) is 0. The first-order chi connectivity index (χ1) is 14.1. The largest absolute Gasteiger partial charge is 0.381 e. The Morgan fingerprint density at radius 2 is 0.933 bits per heavy atom. The fourth-order valence-corrected chi connectivity index (χ4v) is 4.61. The van der Waals surface area contributed by atoms with E-state index in [4.69, 9.17) is 4.74 Å². The van der Waals surface area contributed by atoms with Crippen molar-refractivity contribution in [2.45, 2.75) is 145 Å². The molecule has 1 heteroatoms. The van der Waals surface area contributed by atoms with Crippen LogP contribution in [0.2, 0.25) is 0 Å². The fourth-order valence-electron chi connectivity index (χ4n) is 4.61. The van der Waals surface area contributed by atoms with Gasteiger partial charge in [0.05, 0.1) is 0 Å². The Morgan fingerprint density at radius 1 is 0.533 bits per heavy atom. The van der Waals surface area contributed by atoms with E-state index in [0.29, 0.717) is 5.41 Å². The SMILES string of the molecule is CCCC(C)CCCC(C)CCCC(C)CCCC(C)CCOCCCC(C)(C)C. The van der Waals surface area contributed by atoms with Gasteiger partial charge in [0, 0.05) is 13.2 Å². The standard InChI is InChI=1S/C29H60O/c1-9-14-25(2)15-10-16-26(3)17-11-18-27(4)19-12-20-28(5)21-24-30-23-13-22-29(6,7)8/h25-28H,9-24H2,1-8H3. The highest BCUT2D eigenvalue weighted by Gasteiger charge is 2.10. The van der Waals surface area contributed by atoms with Crippen LogP contribution in [0, 0.1) is 29.1 Å². The van der Waals surface area contributed by atoms with Gasteiger partial charge in [-0.25, -0.2) is 0 Å². The first kappa shape index (κ1) is 30.0. The summed E-state index contributed by atoms with van der Waals surface area (Å²) in [6.07, 6.45) is 19.3. The summed E-state index contributed by atoms with van der Waals surface area (Å²) in [5.41, 5.74) is 0.443. The molecule has 30 heavy (non-hydrogen) atoms. The Morgan fingerprint density at radius 3 is 1.33 bits per heavy atom. The van der Waals surface area contributed by atoms with E-state index in [9.17, 15) is 0 Å². The van der Waals surface area contributed by atoms with Crippen molar-refractivity contribution < 1.29 is 4.74 Å². The maximum atomic E-state index is 5.86. The van der Waals surface area contributed by atoms with Gasteiger partial charge in [-0.3, -0.25) is 0 Å². The first-order valence-corrected chi connectivity index (χ1v) is 13.7. The van der Waals surface area contributed by atoms with Crippen molar-refractivity contribution in [3.63, 3.8) is 0 Å². The van der Waals surface area contributed by atoms with Crippen LogP contribution in [-0.2, 0) is 4.74 Å². The summed E-state index contributed by atoms with van der Waals surface area (Å²) in [6.45, 7) is 20.9. The van der Waals surface area contributed by atoms with E-state index in [0.717, 1.165) is 36.9 Å². The molecule has 0 fully saturated rings. The molecule has 0 amide bonds. The Labute approximate surface area is 192 Å². The van der Waals surface area contributed by atoms with Crippen molar-refractivity contribution in [1.29, 1.82) is 0 Å². The molecule has 0 bridgehead atoms. The molecule has 0 N–H and O–H groups in total. The van der Waals surface area contributed by atoms with Gasteiger partial charge in [0.25, 0.3) is 0 Å². The molecule has 0 aromatic carbocycles. The molecular formula is C29H60O. The van der Waals surface area contributed by atoms with Gasteiger partial charge < -0.3 is 4.74 Å². The smallest absolute Gasteiger partial charge is 0.0468 e. The summed E-state index contributed by atoms with van der Waals surface area (Å²) in [6, 6.07) is 0. The van der Waals surface area contributed by atoms with Crippen molar-refractivity contribution in [2.75, 3.05) is 13.2 Å². The van der Waals surface area contributed by atoms with Crippen molar-refractivity contribution in [3.05, 3.63) is 0 Å². The van der Waals surface area contributed by atoms with Crippen molar-refractivity contribution in [3.8, 4) is 0 Å². The normalized spacial score (nSPS) is 16.4. The Hall–Kier alpha value is -0.0400. The third kappa shape index (κ3) is 21.2. The van der Waals surface area contributed by atoms with Gasteiger partial charge in [0.2, 0.25) is 0 Å². The van der Waals surface area contributed by atoms with Crippen LogP contribution in [0.3, 0.4) is 0 Å². The van der Waals surface area contributed by atoms with Crippen LogP contribution < -0.4 is 0 Å². The predicted molar refractivity (Wildman–Crippen MR) is 137 cm³/mol. The molecule has 0 rings (SSSR count). The highest BCUT2D eigenvalue weighted by Crippen LogP contribution is 2.23. The molecule has 1 nitrogen and oxygen atoms in total. The summed E-state index contributed by atoms with van der Waals surface area (Å²) < 4.78 is 5.86. The van der Waals surface area contributed by atoms with Gasteiger partial charge in [-0.05, 0) is 48.3 Å². The second kappa shape index (κ2) is 18.5. The van der Waals surface area contributed by atoms with Gasteiger partial charge >= 0.3 is 0 Å². The maximum Gasteiger partial charge on any atom is 0.0468 e. The molecular weight excluding hydrogens is 364 g/mol. The Bertz CT molecular complexity index is 356. The Balaban J connectivity index is 3.54. The van der Waals surface area contributed by atoms with Crippen molar-refractivity contribution in [2.24, 2.45) is 29.1 Å². The van der Waals surface area contributed by atoms with Gasteiger partial charge in [-0.15, -0.1) is 0 Å². The molecule has 0 aliphatic carbocycles. The number of hydrogen-bond acceptors (Lipinski definition) is 1. The van der Waals surface area contributed by atoms with E-state index in [1.807, 2.05) is 0 Å². The second-order valence-electron chi connectivity index (χ2n) is 12.1. The quantitative estimate of drug-likeness (QED) is 0.177. The molecule has 0 saturated heterocycles. The van der Waals surface area contributed by atoms with E-state index in [2.05, 4.69) is 55.4 Å². The van der Waals surface area contributed by atoms with E-state index in [1.165, 1.54) is 89.9 Å². The van der Waals surface area contributed by atoms with E-state index >= 15 is 0 Å². The lowest BCUT2D eigenvalue weighted by Crippen LogP contribution is -2.08. The van der Waals surface area contributed by atoms with Crippen LogP contribution in [0.15, 0.2) is 0 Å². The van der Waals surface area contributed by atoms with Crippen molar-refractivity contribution >= 4 is 0 Å². The summed E-state index contributed by atoms with van der Waals surface area (Å²) >= 11 is 0. The third-order valence-electron chi connectivity index (χ3n) is 6.93. The van der Waals surface area contributed by atoms with Crippen LogP contribution in [0.1, 0.15) is 145 Å². The zero-order valence-electron chi connectivity index (χ0n) is 22.5. The third-order valence-corrected chi connectivity index (χ3v) is 6.93. The highest BCUT2D eigenvalue weighted by atomic mass is 16.5. The van der Waals surface area contributed by atoms with Gasteiger partial charge in [0.15, 0.2) is 0 Å². The second-order valence-corrected chi connectivity index (χ2v) is 12.1. The lowest BCUT2D eigenvalue weighted by molar-refractivity contribution is 0.110. The average Bonchev–Trinajstić information content (AvgIpc) is 2.64. The molecule has 0 aromatic rings. The Kier molecular flexibility index (Phi) is 18.5. The monoisotopic (exact) mass is 424 g/mol. The molecule has 0 saturated carbocycles. The van der Waals surface area contributed by atoms with Crippen LogP contribution in [-0.4, -0.2) is 13.2 Å². The number of hydrogen-bond donors (Lipinski definition) is 0. The number of rotatable bonds is 20. The zero-order valence-corrected chi connectivity index (χ0v) is 22.5. The number of ether oxygens (including phenoxy) is 1. The average molecular weight is 425 g/mol. The minimum absolute atomic E-state index is 0.443. The van der Waals surface area contributed by atoms with Crippen LogP contribution >= 0.6 is 0 Å². The topological polar surface area (TPSA) is 9.23 Å². The zero-order chi connectivity index (χ0) is 22.8. The van der Waals surface area contributed by atoms with Crippen LogP contribution in [0.4, 0.5) is 0 Å². The highest BCUT2D eigenvalue weighted by molar-refractivity contribution is 4.62. The van der Waals surface area contributed by atoms with Crippen LogP contribution in [0.25, 0.3) is 0 Å². The minimum atomic E-state index is 0.443. The summed E-state index contributed by atoms with van der Waals surface area (Å²) in [7, 11) is 0. The summed E-state index contributed by atoms with van der Waals surface area (Å²) in [5.74, 6) is 3.58. The molecule has 0 radical (unpaired) electrons. The van der Waals surface area contributed by atoms with E-state index < -0.39 is 0 Å². The molecule has 0 spiro atoms. The van der Waals surface area contributed by atoms with Crippen molar-refractivity contribution in [1.82, 2.24) is 0 Å². The molecule has 182 valence electrons. The van der Waals surface area contributed by atoms with Crippen LogP contribution in [0.5, 0.6) is 0 Å². The summed E-state index contributed by atoms with van der Waals surface area (Å²) in [5, 5.41) is 0. The van der Waals surface area contributed by atoms with Gasteiger partial charge in [-0.1, -0.05) is 126 Å². The van der Waals surface area contributed by atoms with Gasteiger partial charge in [0.1, 0.15) is 0 Å².